The van der Waals surface area contributed by atoms with Crippen molar-refractivity contribution in [1.29, 1.82) is 0 Å². The minimum atomic E-state index is -4.38. The van der Waals surface area contributed by atoms with Gasteiger partial charge in [0.25, 0.3) is 10.0 Å². The average molecular weight is 409 g/mol. The van der Waals surface area contributed by atoms with Crippen molar-refractivity contribution in [2.45, 2.75) is 18.7 Å². The lowest BCUT2D eigenvalue weighted by molar-refractivity contribution is 0.413. The lowest BCUT2D eigenvalue weighted by Crippen LogP contribution is -2.17. The Balaban J connectivity index is 2.29. The molecule has 3 rings (SSSR count). The number of rotatable bonds is 4. The van der Waals surface area contributed by atoms with Crippen LogP contribution in [0.25, 0.3) is 11.1 Å². The third-order valence-corrected chi connectivity index (χ3v) is 5.43. The first-order valence-corrected chi connectivity index (χ1v) is 9.62. The van der Waals surface area contributed by atoms with Crippen LogP contribution in [0, 0.1) is 37.1 Å². The second-order valence-electron chi connectivity index (χ2n) is 6.30. The summed E-state index contributed by atoms with van der Waals surface area (Å²) in [5, 5.41) is 0. The van der Waals surface area contributed by atoms with E-state index >= 15 is 0 Å². The molecule has 0 spiro atoms. The molecule has 0 bridgehead atoms. The van der Waals surface area contributed by atoms with Gasteiger partial charge in [0, 0.05) is 5.56 Å². The molecule has 0 aliphatic rings. The molecule has 0 aliphatic carbocycles. The maximum atomic E-state index is 14.6. The molecule has 8 heteroatoms. The van der Waals surface area contributed by atoms with E-state index in [0.717, 1.165) is 0 Å². The molecule has 28 heavy (non-hydrogen) atoms. The molecule has 0 atom stereocenters. The highest BCUT2D eigenvalue weighted by molar-refractivity contribution is 7.92. The molecule has 0 aromatic heterocycles. The first kappa shape index (κ1) is 19.9. The van der Waals surface area contributed by atoms with Crippen LogP contribution in [0.5, 0.6) is 0 Å². The van der Waals surface area contributed by atoms with E-state index in [1.807, 2.05) is 4.72 Å². The van der Waals surface area contributed by atoms with E-state index in [2.05, 4.69) is 0 Å². The summed E-state index contributed by atoms with van der Waals surface area (Å²) in [4.78, 5) is -0.245. The summed E-state index contributed by atoms with van der Waals surface area (Å²) >= 11 is 0. The van der Waals surface area contributed by atoms with Crippen LogP contribution in [0.3, 0.4) is 0 Å². The van der Waals surface area contributed by atoms with Gasteiger partial charge in [-0.15, -0.1) is 0 Å². The number of sulfonamides is 1. The summed E-state index contributed by atoms with van der Waals surface area (Å²) in [7, 11) is -4.38. The molecule has 146 valence electrons. The molecular weight excluding hydrogens is 394 g/mol. The van der Waals surface area contributed by atoms with Crippen molar-refractivity contribution in [3.63, 3.8) is 0 Å². The van der Waals surface area contributed by atoms with Crippen LogP contribution in [-0.4, -0.2) is 8.42 Å². The van der Waals surface area contributed by atoms with Gasteiger partial charge in [0.2, 0.25) is 0 Å². The Bertz CT molecular complexity index is 1140. The van der Waals surface area contributed by atoms with Crippen LogP contribution in [0.4, 0.5) is 23.2 Å². The zero-order valence-corrected chi connectivity index (χ0v) is 15.7. The van der Waals surface area contributed by atoms with E-state index < -0.39 is 44.5 Å². The van der Waals surface area contributed by atoms with Gasteiger partial charge in [-0.3, -0.25) is 4.72 Å². The second-order valence-corrected chi connectivity index (χ2v) is 7.98. The minimum Gasteiger partial charge on any atom is -0.276 e. The largest absolute Gasteiger partial charge is 0.276 e. The van der Waals surface area contributed by atoms with E-state index in [1.165, 1.54) is 36.4 Å². The van der Waals surface area contributed by atoms with Crippen LogP contribution < -0.4 is 4.72 Å². The number of anilines is 1. The topological polar surface area (TPSA) is 46.2 Å². The minimum absolute atomic E-state index is 0.0126. The summed E-state index contributed by atoms with van der Waals surface area (Å²) < 4.78 is 83.9. The van der Waals surface area contributed by atoms with Crippen molar-refractivity contribution in [3.8, 4) is 11.1 Å². The van der Waals surface area contributed by atoms with Crippen molar-refractivity contribution in [1.82, 2.24) is 0 Å². The molecule has 0 heterocycles. The maximum Gasteiger partial charge on any atom is 0.262 e. The molecule has 0 fully saturated rings. The Labute approximate surface area is 159 Å². The monoisotopic (exact) mass is 409 g/mol. The zero-order chi connectivity index (χ0) is 20.6. The Morgan fingerprint density at radius 2 is 1.29 bits per heavy atom. The molecule has 3 nitrogen and oxygen atoms in total. The number of hydrogen-bond donors (Lipinski definition) is 1. The van der Waals surface area contributed by atoms with Gasteiger partial charge >= 0.3 is 0 Å². The summed E-state index contributed by atoms with van der Waals surface area (Å²) in [6.45, 7) is 3.36. The van der Waals surface area contributed by atoms with E-state index in [-0.39, 0.29) is 10.5 Å². The SMILES string of the molecule is Cc1cc(C)cc(-c2c(F)c(F)c(F)c(F)c2NS(=O)(=O)c2ccccc2)c1. The number of benzene rings is 3. The molecule has 0 aliphatic heterocycles. The van der Waals surface area contributed by atoms with Crippen LogP contribution in [0.15, 0.2) is 53.4 Å². The van der Waals surface area contributed by atoms with Crippen LogP contribution in [-0.2, 0) is 10.0 Å². The first-order chi connectivity index (χ1) is 13.1. The van der Waals surface area contributed by atoms with Crippen molar-refractivity contribution >= 4 is 15.7 Å². The fourth-order valence-electron chi connectivity index (χ4n) is 2.91. The number of hydrogen-bond acceptors (Lipinski definition) is 2. The number of aryl methyl sites for hydroxylation is 2. The highest BCUT2D eigenvalue weighted by Crippen LogP contribution is 2.38. The molecule has 0 amide bonds. The fourth-order valence-corrected chi connectivity index (χ4v) is 4.00. The normalized spacial score (nSPS) is 11.5. The van der Waals surface area contributed by atoms with Gasteiger partial charge in [-0.05, 0) is 31.5 Å². The summed E-state index contributed by atoms with van der Waals surface area (Å²) in [6.07, 6.45) is 0. The third kappa shape index (κ3) is 3.60. The Morgan fingerprint density at radius 1 is 0.750 bits per heavy atom. The van der Waals surface area contributed by atoms with Crippen molar-refractivity contribution in [3.05, 3.63) is 82.9 Å². The molecule has 0 saturated heterocycles. The molecule has 0 unspecified atom stereocenters. The smallest absolute Gasteiger partial charge is 0.262 e. The average Bonchev–Trinajstić information content (AvgIpc) is 2.64. The van der Waals surface area contributed by atoms with Crippen LogP contribution in [0.1, 0.15) is 11.1 Å². The molecule has 0 saturated carbocycles. The lowest BCUT2D eigenvalue weighted by Gasteiger charge is -2.17. The van der Waals surface area contributed by atoms with Gasteiger partial charge in [-0.2, -0.15) is 0 Å². The van der Waals surface area contributed by atoms with E-state index in [4.69, 9.17) is 0 Å². The molecule has 3 aromatic carbocycles. The van der Waals surface area contributed by atoms with E-state index in [9.17, 15) is 26.0 Å². The van der Waals surface area contributed by atoms with Crippen molar-refractivity contribution in [2.75, 3.05) is 4.72 Å². The predicted octanol–water partition coefficient (Wildman–Crippen LogP) is 5.33. The van der Waals surface area contributed by atoms with Gasteiger partial charge in [0.1, 0.15) is 0 Å². The highest BCUT2D eigenvalue weighted by Gasteiger charge is 2.29. The standard InChI is InChI=1S/C20H15F4NO2S/c1-11-8-12(2)10-13(9-11)15-16(21)17(22)18(23)19(24)20(15)25-28(26,27)14-6-4-3-5-7-14/h3-10,25H,1-2H3. The van der Waals surface area contributed by atoms with Crippen molar-refractivity contribution < 1.29 is 26.0 Å². The maximum absolute atomic E-state index is 14.6. The highest BCUT2D eigenvalue weighted by atomic mass is 32.2. The van der Waals surface area contributed by atoms with Gasteiger partial charge in [-0.1, -0.05) is 47.5 Å². The third-order valence-electron chi connectivity index (χ3n) is 4.07. The lowest BCUT2D eigenvalue weighted by atomic mass is 9.98. The van der Waals surface area contributed by atoms with Gasteiger partial charge in [0.05, 0.1) is 10.6 Å². The summed E-state index contributed by atoms with van der Waals surface area (Å²) in [5.74, 6) is -7.63. The molecule has 3 aromatic rings. The number of halogens is 4. The van der Waals surface area contributed by atoms with E-state index in [1.54, 1.807) is 26.0 Å². The molecule has 1 N–H and O–H groups in total. The van der Waals surface area contributed by atoms with Crippen LogP contribution in [0.2, 0.25) is 0 Å². The van der Waals surface area contributed by atoms with Gasteiger partial charge in [0.15, 0.2) is 23.3 Å². The quantitative estimate of drug-likeness (QED) is 0.360. The Kier molecular flexibility index (Phi) is 5.16. The van der Waals surface area contributed by atoms with Crippen molar-refractivity contribution in [2.24, 2.45) is 0 Å². The van der Waals surface area contributed by atoms with Crippen LogP contribution >= 0.6 is 0 Å². The molecule has 0 radical (unpaired) electrons. The van der Waals surface area contributed by atoms with E-state index in [0.29, 0.717) is 11.1 Å². The number of nitrogens with one attached hydrogen (secondary N) is 1. The Hall–Kier alpha value is -2.87. The second kappa shape index (κ2) is 7.27. The van der Waals surface area contributed by atoms with Gasteiger partial charge < -0.3 is 0 Å². The summed E-state index contributed by atoms with van der Waals surface area (Å²) in [5.41, 5.74) is -0.390. The molecular formula is C20H15F4NO2S. The Morgan fingerprint density at radius 3 is 1.86 bits per heavy atom. The zero-order valence-electron chi connectivity index (χ0n) is 14.9. The van der Waals surface area contributed by atoms with Gasteiger partial charge in [-0.25, -0.2) is 26.0 Å². The fraction of sp³-hybridized carbons (Fsp3) is 0.100. The first-order valence-electron chi connectivity index (χ1n) is 8.14. The predicted molar refractivity (Wildman–Crippen MR) is 98.4 cm³/mol. The summed E-state index contributed by atoms with van der Waals surface area (Å²) in [6, 6.07) is 11.5.